The van der Waals surface area contributed by atoms with Crippen LogP contribution in [0.3, 0.4) is 0 Å². The van der Waals surface area contributed by atoms with Gasteiger partial charge < -0.3 is 5.11 Å². The lowest BCUT2D eigenvalue weighted by molar-refractivity contribution is 0.253. The first kappa shape index (κ1) is 15.1. The third-order valence-electron chi connectivity index (χ3n) is 2.53. The predicted octanol–water partition coefficient (Wildman–Crippen LogP) is 1.53. The Balaban J connectivity index is 3.17. The normalized spacial score (nSPS) is 12.1. The van der Waals surface area contributed by atoms with Gasteiger partial charge >= 0.3 is 0 Å². The first-order valence-electron chi connectivity index (χ1n) is 5.80. The van der Waals surface area contributed by atoms with E-state index in [-0.39, 0.29) is 24.6 Å². The number of hydrogen-bond donors (Lipinski definition) is 1. The molecule has 0 heterocycles. The van der Waals surface area contributed by atoms with Gasteiger partial charge in [-0.1, -0.05) is 13.0 Å². The molecule has 0 radical (unpaired) electrons. The predicted molar refractivity (Wildman–Crippen MR) is 67.3 cm³/mol. The van der Waals surface area contributed by atoms with Crippen molar-refractivity contribution in [1.82, 2.24) is 4.31 Å². The van der Waals surface area contributed by atoms with Gasteiger partial charge in [-0.3, -0.25) is 0 Å². The maximum Gasteiger partial charge on any atom is 0.246 e. The Morgan fingerprint density at radius 1 is 1.33 bits per heavy atom. The molecule has 0 amide bonds. The average Bonchev–Trinajstić information content (AvgIpc) is 2.28. The highest BCUT2D eigenvalue weighted by atomic mass is 32.2. The third kappa shape index (κ3) is 3.28. The van der Waals surface area contributed by atoms with Crippen LogP contribution < -0.4 is 0 Å². The van der Waals surface area contributed by atoms with E-state index in [0.29, 0.717) is 12.0 Å². The second-order valence-electron chi connectivity index (χ2n) is 4.06. The Morgan fingerprint density at radius 3 is 2.50 bits per heavy atom. The van der Waals surface area contributed by atoms with Gasteiger partial charge in [0.05, 0.1) is 6.61 Å². The van der Waals surface area contributed by atoms with E-state index >= 15 is 0 Å². The summed E-state index contributed by atoms with van der Waals surface area (Å²) in [7, 11) is -3.87. The van der Waals surface area contributed by atoms with Crippen molar-refractivity contribution in [1.29, 1.82) is 0 Å². The summed E-state index contributed by atoms with van der Waals surface area (Å²) in [5, 5.41) is 8.89. The molecule has 0 aromatic heterocycles. The zero-order chi connectivity index (χ0) is 13.8. The Bertz CT molecular complexity index is 496. The Kier molecular flexibility index (Phi) is 5.25. The summed E-state index contributed by atoms with van der Waals surface area (Å²) in [5.41, 5.74) is 0.663. The van der Waals surface area contributed by atoms with E-state index in [1.807, 2.05) is 6.92 Å². The van der Waals surface area contributed by atoms with Crippen LogP contribution in [-0.4, -0.2) is 37.5 Å². The Labute approximate surface area is 107 Å². The standard InChI is InChI=1S/C12H18FNO3S/c1-3-6-14(7-8-15)18(16,17)12-5-4-10(2)9-11(12)13/h4-5,9,15H,3,6-8H2,1-2H3. The zero-order valence-electron chi connectivity index (χ0n) is 10.6. The fourth-order valence-electron chi connectivity index (χ4n) is 1.67. The van der Waals surface area contributed by atoms with E-state index < -0.39 is 15.8 Å². The summed E-state index contributed by atoms with van der Waals surface area (Å²) in [5.74, 6) is -0.756. The van der Waals surface area contributed by atoms with Crippen LogP contribution in [0.15, 0.2) is 23.1 Å². The molecule has 102 valence electrons. The van der Waals surface area contributed by atoms with Gasteiger partial charge in [0.25, 0.3) is 0 Å². The van der Waals surface area contributed by atoms with Crippen molar-refractivity contribution >= 4 is 10.0 Å². The molecule has 0 unspecified atom stereocenters. The smallest absolute Gasteiger partial charge is 0.246 e. The van der Waals surface area contributed by atoms with Crippen molar-refractivity contribution in [3.8, 4) is 0 Å². The maximum atomic E-state index is 13.7. The summed E-state index contributed by atoms with van der Waals surface area (Å²) < 4.78 is 39.3. The number of aliphatic hydroxyl groups excluding tert-OH is 1. The van der Waals surface area contributed by atoms with Gasteiger partial charge in [-0.25, -0.2) is 12.8 Å². The van der Waals surface area contributed by atoms with Crippen molar-refractivity contribution in [2.24, 2.45) is 0 Å². The molecule has 1 aromatic rings. The second kappa shape index (κ2) is 6.26. The highest BCUT2D eigenvalue weighted by Gasteiger charge is 2.26. The molecule has 0 bridgehead atoms. The van der Waals surface area contributed by atoms with Crippen LogP contribution in [0.2, 0.25) is 0 Å². The van der Waals surface area contributed by atoms with Gasteiger partial charge in [0, 0.05) is 13.1 Å². The fourth-order valence-corrected chi connectivity index (χ4v) is 3.24. The third-order valence-corrected chi connectivity index (χ3v) is 4.46. The quantitative estimate of drug-likeness (QED) is 0.856. The number of hydrogen-bond acceptors (Lipinski definition) is 3. The molecule has 0 saturated carbocycles. The summed E-state index contributed by atoms with van der Waals surface area (Å²) in [6.07, 6.45) is 0.604. The van der Waals surface area contributed by atoms with Crippen molar-refractivity contribution in [2.45, 2.75) is 25.2 Å². The van der Waals surface area contributed by atoms with Gasteiger partial charge in [-0.2, -0.15) is 4.31 Å². The van der Waals surface area contributed by atoms with Crippen LogP contribution in [-0.2, 0) is 10.0 Å². The zero-order valence-corrected chi connectivity index (χ0v) is 11.4. The Hall–Kier alpha value is -0.980. The first-order valence-corrected chi connectivity index (χ1v) is 7.24. The van der Waals surface area contributed by atoms with Crippen LogP contribution >= 0.6 is 0 Å². The van der Waals surface area contributed by atoms with Crippen LogP contribution in [0.1, 0.15) is 18.9 Å². The van der Waals surface area contributed by atoms with E-state index in [9.17, 15) is 12.8 Å². The highest BCUT2D eigenvalue weighted by molar-refractivity contribution is 7.89. The van der Waals surface area contributed by atoms with E-state index in [2.05, 4.69) is 0 Å². The van der Waals surface area contributed by atoms with Crippen molar-refractivity contribution in [2.75, 3.05) is 19.7 Å². The molecular weight excluding hydrogens is 257 g/mol. The first-order chi connectivity index (χ1) is 8.43. The van der Waals surface area contributed by atoms with Crippen LogP contribution in [0, 0.1) is 12.7 Å². The van der Waals surface area contributed by atoms with Gasteiger partial charge in [-0.05, 0) is 31.0 Å². The number of rotatable bonds is 6. The molecule has 18 heavy (non-hydrogen) atoms. The van der Waals surface area contributed by atoms with Crippen LogP contribution in [0.25, 0.3) is 0 Å². The lowest BCUT2D eigenvalue weighted by Crippen LogP contribution is -2.34. The number of aliphatic hydroxyl groups is 1. The van der Waals surface area contributed by atoms with E-state index in [1.165, 1.54) is 12.1 Å². The minimum atomic E-state index is -3.87. The maximum absolute atomic E-state index is 13.7. The number of benzene rings is 1. The number of sulfonamides is 1. The van der Waals surface area contributed by atoms with Gasteiger partial charge in [0.15, 0.2) is 0 Å². The molecule has 0 aliphatic carbocycles. The largest absolute Gasteiger partial charge is 0.395 e. The van der Waals surface area contributed by atoms with Crippen molar-refractivity contribution in [3.63, 3.8) is 0 Å². The molecule has 1 rings (SSSR count). The van der Waals surface area contributed by atoms with Crippen LogP contribution in [0.4, 0.5) is 4.39 Å². The number of halogens is 1. The van der Waals surface area contributed by atoms with E-state index in [4.69, 9.17) is 5.11 Å². The summed E-state index contributed by atoms with van der Waals surface area (Å²) in [4.78, 5) is -0.338. The molecule has 0 saturated heterocycles. The lowest BCUT2D eigenvalue weighted by Gasteiger charge is -2.20. The SMILES string of the molecule is CCCN(CCO)S(=O)(=O)c1ccc(C)cc1F. The molecule has 0 aliphatic rings. The second-order valence-corrected chi connectivity index (χ2v) is 5.97. The molecule has 1 aromatic carbocycles. The average molecular weight is 275 g/mol. The van der Waals surface area contributed by atoms with Crippen LogP contribution in [0.5, 0.6) is 0 Å². The summed E-state index contributed by atoms with van der Waals surface area (Å²) in [6, 6.07) is 4.01. The van der Waals surface area contributed by atoms with Crippen molar-refractivity contribution < 1.29 is 17.9 Å². The monoisotopic (exact) mass is 275 g/mol. The Morgan fingerprint density at radius 2 is 2.00 bits per heavy atom. The van der Waals surface area contributed by atoms with Gasteiger partial charge in [0.1, 0.15) is 10.7 Å². The fraction of sp³-hybridized carbons (Fsp3) is 0.500. The molecular formula is C12H18FNO3S. The number of aryl methyl sites for hydroxylation is 1. The van der Waals surface area contributed by atoms with Crippen molar-refractivity contribution in [3.05, 3.63) is 29.6 Å². The highest BCUT2D eigenvalue weighted by Crippen LogP contribution is 2.20. The molecule has 0 spiro atoms. The minimum Gasteiger partial charge on any atom is -0.395 e. The van der Waals surface area contributed by atoms with Gasteiger partial charge in [0.2, 0.25) is 10.0 Å². The molecule has 0 atom stereocenters. The topological polar surface area (TPSA) is 57.6 Å². The summed E-state index contributed by atoms with van der Waals surface area (Å²) >= 11 is 0. The molecule has 0 aliphatic heterocycles. The lowest BCUT2D eigenvalue weighted by atomic mass is 10.2. The van der Waals surface area contributed by atoms with E-state index in [0.717, 1.165) is 4.31 Å². The number of nitrogens with zero attached hydrogens (tertiary/aromatic N) is 1. The molecule has 0 fully saturated rings. The summed E-state index contributed by atoms with van der Waals surface area (Å²) in [6.45, 7) is 3.47. The van der Waals surface area contributed by atoms with E-state index in [1.54, 1.807) is 13.0 Å². The molecule has 6 heteroatoms. The minimum absolute atomic E-state index is 0.0243. The molecule has 4 nitrogen and oxygen atoms in total. The molecule has 1 N–H and O–H groups in total. The van der Waals surface area contributed by atoms with Gasteiger partial charge in [-0.15, -0.1) is 0 Å².